The molecule has 0 fully saturated rings. The van der Waals surface area contributed by atoms with E-state index in [1.807, 2.05) is 0 Å². The summed E-state index contributed by atoms with van der Waals surface area (Å²) in [4.78, 5) is 0. The van der Waals surface area contributed by atoms with Crippen molar-refractivity contribution in [2.24, 2.45) is 0 Å². The van der Waals surface area contributed by atoms with Gasteiger partial charge < -0.3 is 0 Å². The predicted octanol–water partition coefficient (Wildman–Crippen LogP) is 7.92. The Kier molecular flexibility index (Phi) is 3.98. The third-order valence-corrected chi connectivity index (χ3v) is 6.08. The van der Waals surface area contributed by atoms with Crippen molar-refractivity contribution in [1.29, 1.82) is 0 Å². The smallest absolute Gasteiger partial charge is 0.0181 e. The van der Waals surface area contributed by atoms with Gasteiger partial charge in [0.15, 0.2) is 0 Å². The topological polar surface area (TPSA) is 0 Å². The van der Waals surface area contributed by atoms with Gasteiger partial charge in [0.1, 0.15) is 0 Å². The molecule has 0 aliphatic heterocycles. The van der Waals surface area contributed by atoms with Gasteiger partial charge in [0.25, 0.3) is 0 Å². The van der Waals surface area contributed by atoms with Crippen LogP contribution in [0.3, 0.4) is 0 Å². The Labute approximate surface area is 168 Å². The summed E-state index contributed by atoms with van der Waals surface area (Å²) >= 11 is 3.58. The van der Waals surface area contributed by atoms with Crippen molar-refractivity contribution < 1.29 is 0 Å². The van der Waals surface area contributed by atoms with Gasteiger partial charge in [-0.25, -0.2) is 0 Å². The van der Waals surface area contributed by atoms with E-state index in [2.05, 4.69) is 114 Å². The lowest BCUT2D eigenvalue weighted by Crippen LogP contribution is -1.89. The Bertz CT molecular complexity index is 1160. The van der Waals surface area contributed by atoms with Crippen LogP contribution in [0, 0.1) is 0 Å². The Morgan fingerprint density at radius 2 is 1.19 bits per heavy atom. The molecule has 0 heterocycles. The van der Waals surface area contributed by atoms with E-state index >= 15 is 0 Å². The third kappa shape index (κ3) is 2.83. The first kappa shape index (κ1) is 16.5. The van der Waals surface area contributed by atoms with Crippen LogP contribution in [0.4, 0.5) is 0 Å². The van der Waals surface area contributed by atoms with Gasteiger partial charge in [-0.2, -0.15) is 0 Å². The highest BCUT2D eigenvalue weighted by Gasteiger charge is 2.25. The fourth-order valence-electron chi connectivity index (χ4n) is 4.18. The van der Waals surface area contributed by atoms with Crippen LogP contribution < -0.4 is 0 Å². The number of rotatable bonds is 2. The lowest BCUT2D eigenvalue weighted by Gasteiger charge is -2.10. The molecule has 0 amide bonds. The molecule has 130 valence electrons. The number of hydrogen-bond acceptors (Lipinski definition) is 0. The molecule has 27 heavy (non-hydrogen) atoms. The fraction of sp³-hybridized carbons (Fsp3) is 0.0769. The highest BCUT2D eigenvalue weighted by Crippen LogP contribution is 2.45. The van der Waals surface area contributed by atoms with Crippen molar-refractivity contribution in [2.75, 3.05) is 0 Å². The molecular weight excluding hydrogens is 392 g/mol. The minimum Gasteiger partial charge on any atom is -0.0619 e. The largest absolute Gasteiger partial charge is 0.0619 e. The van der Waals surface area contributed by atoms with Crippen molar-refractivity contribution in [2.45, 2.75) is 12.8 Å². The predicted molar refractivity (Wildman–Crippen MR) is 118 cm³/mol. The second-order valence-corrected chi connectivity index (χ2v) is 8.12. The lowest BCUT2D eigenvalue weighted by molar-refractivity contribution is 0.957. The monoisotopic (exact) mass is 410 g/mol. The maximum Gasteiger partial charge on any atom is 0.0181 e. The molecule has 0 nitrogen and oxygen atoms in total. The molecule has 0 saturated carbocycles. The van der Waals surface area contributed by atoms with Crippen molar-refractivity contribution in [1.82, 2.24) is 0 Å². The van der Waals surface area contributed by atoms with Crippen LogP contribution in [-0.2, 0) is 0 Å². The SMILES string of the molecule is CC1c2ccccc2-c2cc(-c3cccc(-c4cccc(Br)c4)c3)ccc21. The van der Waals surface area contributed by atoms with Gasteiger partial charge in [0.2, 0.25) is 0 Å². The summed E-state index contributed by atoms with van der Waals surface area (Å²) in [6, 6.07) is 33.0. The van der Waals surface area contributed by atoms with Crippen LogP contribution in [0.2, 0.25) is 0 Å². The van der Waals surface area contributed by atoms with Gasteiger partial charge in [-0.15, -0.1) is 0 Å². The van der Waals surface area contributed by atoms with Crippen LogP contribution in [-0.4, -0.2) is 0 Å². The normalized spacial score (nSPS) is 14.7. The van der Waals surface area contributed by atoms with Crippen molar-refractivity contribution in [3.05, 3.63) is 107 Å². The summed E-state index contributed by atoms with van der Waals surface area (Å²) in [6.45, 7) is 2.30. The molecule has 0 aromatic heterocycles. The molecule has 4 aromatic carbocycles. The second-order valence-electron chi connectivity index (χ2n) is 7.20. The van der Waals surface area contributed by atoms with Gasteiger partial charge in [0.05, 0.1) is 0 Å². The molecule has 5 rings (SSSR count). The minimum atomic E-state index is 0.471. The summed E-state index contributed by atoms with van der Waals surface area (Å²) in [7, 11) is 0. The second kappa shape index (κ2) is 6.51. The summed E-state index contributed by atoms with van der Waals surface area (Å²) in [5.41, 5.74) is 10.6. The Balaban J connectivity index is 1.61. The molecule has 0 saturated heterocycles. The highest BCUT2D eigenvalue weighted by molar-refractivity contribution is 9.10. The van der Waals surface area contributed by atoms with E-state index in [-0.39, 0.29) is 0 Å². The summed E-state index contributed by atoms with van der Waals surface area (Å²) in [5.74, 6) is 0.471. The van der Waals surface area contributed by atoms with Crippen LogP contribution >= 0.6 is 15.9 Å². The number of hydrogen-bond donors (Lipinski definition) is 0. The van der Waals surface area contributed by atoms with Crippen molar-refractivity contribution >= 4 is 15.9 Å². The quantitative estimate of drug-likeness (QED) is 0.314. The molecule has 0 spiro atoms. The van der Waals surface area contributed by atoms with E-state index in [4.69, 9.17) is 0 Å². The first-order valence-corrected chi connectivity index (χ1v) is 10.1. The Morgan fingerprint density at radius 1 is 0.556 bits per heavy atom. The first-order chi connectivity index (χ1) is 13.2. The Hall–Kier alpha value is -2.64. The molecule has 0 bridgehead atoms. The molecule has 0 radical (unpaired) electrons. The van der Waals surface area contributed by atoms with E-state index in [0.29, 0.717) is 5.92 Å². The van der Waals surface area contributed by atoms with Gasteiger partial charge >= 0.3 is 0 Å². The number of fused-ring (bicyclic) bond motifs is 3. The van der Waals surface area contributed by atoms with E-state index in [1.54, 1.807) is 0 Å². The standard InChI is InChI=1S/C26H19Br/c1-17-23-10-2-3-11-25(23)26-16-21(12-13-24(17)26)19-7-4-6-18(14-19)20-8-5-9-22(27)15-20/h2-17H,1H3. The number of benzene rings is 4. The molecule has 1 atom stereocenters. The van der Waals surface area contributed by atoms with E-state index < -0.39 is 0 Å². The van der Waals surface area contributed by atoms with Crippen molar-refractivity contribution in [3.8, 4) is 33.4 Å². The minimum absolute atomic E-state index is 0.471. The zero-order chi connectivity index (χ0) is 18.4. The average Bonchev–Trinajstić information content (AvgIpc) is 3.00. The lowest BCUT2D eigenvalue weighted by atomic mass is 9.94. The molecule has 4 aromatic rings. The van der Waals surface area contributed by atoms with Gasteiger partial charge in [-0.3, -0.25) is 0 Å². The van der Waals surface area contributed by atoms with Crippen LogP contribution in [0.1, 0.15) is 24.0 Å². The molecule has 1 aliphatic carbocycles. The summed E-state index contributed by atoms with van der Waals surface area (Å²) in [5, 5.41) is 0. The maximum absolute atomic E-state index is 3.58. The van der Waals surface area contributed by atoms with Crippen LogP contribution in [0.15, 0.2) is 95.5 Å². The molecule has 1 heteroatoms. The fourth-order valence-corrected chi connectivity index (χ4v) is 4.58. The Morgan fingerprint density at radius 3 is 1.96 bits per heavy atom. The van der Waals surface area contributed by atoms with Gasteiger partial charge in [-0.05, 0) is 68.8 Å². The van der Waals surface area contributed by atoms with Gasteiger partial charge in [-0.1, -0.05) is 89.6 Å². The van der Waals surface area contributed by atoms with Gasteiger partial charge in [0, 0.05) is 10.4 Å². The summed E-state index contributed by atoms with van der Waals surface area (Å²) < 4.78 is 1.11. The molecule has 1 unspecified atom stereocenters. The van der Waals surface area contributed by atoms with Crippen LogP contribution in [0.25, 0.3) is 33.4 Å². The average molecular weight is 411 g/mol. The molecular formula is C26H19Br. The molecule has 1 aliphatic rings. The van der Waals surface area contributed by atoms with E-state index in [0.717, 1.165) is 4.47 Å². The zero-order valence-corrected chi connectivity index (χ0v) is 16.7. The van der Waals surface area contributed by atoms with Crippen LogP contribution in [0.5, 0.6) is 0 Å². The van der Waals surface area contributed by atoms with E-state index in [9.17, 15) is 0 Å². The zero-order valence-electron chi connectivity index (χ0n) is 15.1. The summed E-state index contributed by atoms with van der Waals surface area (Å²) in [6.07, 6.45) is 0. The van der Waals surface area contributed by atoms with Crippen molar-refractivity contribution in [3.63, 3.8) is 0 Å². The number of halogens is 1. The molecule has 0 N–H and O–H groups in total. The van der Waals surface area contributed by atoms with E-state index in [1.165, 1.54) is 44.5 Å². The maximum atomic E-state index is 3.58. The highest BCUT2D eigenvalue weighted by atomic mass is 79.9. The third-order valence-electron chi connectivity index (χ3n) is 5.59. The first-order valence-electron chi connectivity index (χ1n) is 9.30.